The highest BCUT2D eigenvalue weighted by Gasteiger charge is 2.29. The molecule has 1 aliphatic rings. The Morgan fingerprint density at radius 2 is 2.16 bits per heavy atom. The fraction of sp³-hybridized carbons (Fsp3) is 0.462. The van der Waals surface area contributed by atoms with Crippen LogP contribution in [-0.2, 0) is 14.8 Å². The van der Waals surface area contributed by atoms with Gasteiger partial charge in [0.15, 0.2) is 0 Å². The summed E-state index contributed by atoms with van der Waals surface area (Å²) < 4.78 is 32.0. The van der Waals surface area contributed by atoms with E-state index in [1.165, 1.54) is 16.4 Å². The van der Waals surface area contributed by atoms with Gasteiger partial charge >= 0.3 is 0 Å². The predicted molar refractivity (Wildman–Crippen MR) is 69.9 cm³/mol. The first-order chi connectivity index (χ1) is 9.05. The third-order valence-electron chi connectivity index (χ3n) is 3.04. The number of nitriles is 1. The van der Waals surface area contributed by atoms with Gasteiger partial charge in [-0.05, 0) is 25.5 Å². The van der Waals surface area contributed by atoms with Gasteiger partial charge in [-0.2, -0.15) is 9.57 Å². The Labute approximate surface area is 113 Å². The van der Waals surface area contributed by atoms with Crippen LogP contribution < -0.4 is 0 Å². The molecule has 1 aromatic rings. The monoisotopic (exact) mass is 280 g/mol. The van der Waals surface area contributed by atoms with Crippen LogP contribution in [0.2, 0.25) is 0 Å². The molecule has 1 fully saturated rings. The van der Waals surface area contributed by atoms with Crippen LogP contribution in [0.15, 0.2) is 29.2 Å². The van der Waals surface area contributed by atoms with Crippen molar-refractivity contribution in [3.8, 4) is 6.07 Å². The molecule has 0 saturated carbocycles. The fourth-order valence-electron chi connectivity index (χ4n) is 2.10. The molecule has 0 radical (unpaired) electrons. The van der Waals surface area contributed by atoms with Crippen molar-refractivity contribution in [3.05, 3.63) is 29.8 Å². The fourth-order valence-corrected chi connectivity index (χ4v) is 3.79. The van der Waals surface area contributed by atoms with Crippen LogP contribution in [0.1, 0.15) is 18.9 Å². The van der Waals surface area contributed by atoms with Gasteiger partial charge in [0.25, 0.3) is 0 Å². The third-order valence-corrected chi connectivity index (χ3v) is 4.96. The SMILES string of the molecule is CC1CN(S(=O)(=O)c2ccccc2C#N)CCCO1. The van der Waals surface area contributed by atoms with E-state index in [4.69, 9.17) is 10.00 Å². The molecule has 5 nitrogen and oxygen atoms in total. The number of ether oxygens (including phenoxy) is 1. The van der Waals surface area contributed by atoms with Gasteiger partial charge in [-0.1, -0.05) is 12.1 Å². The Morgan fingerprint density at radius 3 is 2.89 bits per heavy atom. The van der Waals surface area contributed by atoms with Crippen LogP contribution >= 0.6 is 0 Å². The zero-order chi connectivity index (χ0) is 13.9. The molecule has 6 heteroatoms. The standard InChI is InChI=1S/C13H16N2O3S/c1-11-10-15(7-4-8-18-11)19(16,17)13-6-3-2-5-12(13)9-14/h2-3,5-6,11H,4,7-8,10H2,1H3. The highest BCUT2D eigenvalue weighted by Crippen LogP contribution is 2.21. The lowest BCUT2D eigenvalue weighted by molar-refractivity contribution is 0.0752. The van der Waals surface area contributed by atoms with Gasteiger partial charge in [-0.3, -0.25) is 0 Å². The zero-order valence-corrected chi connectivity index (χ0v) is 11.6. The van der Waals surface area contributed by atoms with E-state index in [0.717, 1.165) is 0 Å². The van der Waals surface area contributed by atoms with Gasteiger partial charge in [-0.15, -0.1) is 0 Å². The van der Waals surface area contributed by atoms with Gasteiger partial charge in [0.2, 0.25) is 10.0 Å². The lowest BCUT2D eigenvalue weighted by atomic mass is 10.2. The normalized spacial score (nSPS) is 21.6. The van der Waals surface area contributed by atoms with Crippen LogP contribution in [0, 0.1) is 11.3 Å². The Morgan fingerprint density at radius 1 is 1.42 bits per heavy atom. The molecule has 0 bridgehead atoms. The second-order valence-corrected chi connectivity index (χ2v) is 6.41. The van der Waals surface area contributed by atoms with Crippen molar-refractivity contribution in [2.45, 2.75) is 24.3 Å². The van der Waals surface area contributed by atoms with Gasteiger partial charge < -0.3 is 4.74 Å². The summed E-state index contributed by atoms with van der Waals surface area (Å²) in [5.74, 6) is 0. The maximum Gasteiger partial charge on any atom is 0.244 e. The maximum absolute atomic E-state index is 12.6. The molecule has 1 atom stereocenters. The van der Waals surface area contributed by atoms with Gasteiger partial charge in [-0.25, -0.2) is 8.42 Å². The lowest BCUT2D eigenvalue weighted by Crippen LogP contribution is -2.36. The predicted octanol–water partition coefficient (Wildman–Crippen LogP) is 1.36. The Balaban J connectivity index is 2.39. The van der Waals surface area contributed by atoms with Crippen molar-refractivity contribution in [1.29, 1.82) is 5.26 Å². The van der Waals surface area contributed by atoms with Crippen LogP contribution in [0.4, 0.5) is 0 Å². The Bertz CT molecular complexity index is 592. The van der Waals surface area contributed by atoms with E-state index in [0.29, 0.717) is 26.1 Å². The summed E-state index contributed by atoms with van der Waals surface area (Å²) in [5.41, 5.74) is 0.181. The Kier molecular flexibility index (Phi) is 4.20. The second kappa shape index (κ2) is 5.70. The summed E-state index contributed by atoms with van der Waals surface area (Å²) in [5, 5.41) is 9.03. The smallest absolute Gasteiger partial charge is 0.244 e. The molecule has 1 heterocycles. The second-order valence-electron chi connectivity index (χ2n) is 4.51. The van der Waals surface area contributed by atoms with Crippen molar-refractivity contribution in [3.63, 3.8) is 0 Å². The molecule has 0 amide bonds. The van der Waals surface area contributed by atoms with Crippen molar-refractivity contribution < 1.29 is 13.2 Å². The topological polar surface area (TPSA) is 70.4 Å². The summed E-state index contributed by atoms with van der Waals surface area (Å²) in [6.45, 7) is 3.16. The molecule has 1 aliphatic heterocycles. The van der Waals surface area contributed by atoms with E-state index < -0.39 is 10.0 Å². The van der Waals surface area contributed by atoms with Gasteiger partial charge in [0.05, 0.1) is 16.6 Å². The van der Waals surface area contributed by atoms with Gasteiger partial charge in [0.1, 0.15) is 6.07 Å². The zero-order valence-electron chi connectivity index (χ0n) is 10.7. The number of nitrogens with zero attached hydrogens (tertiary/aromatic N) is 2. The highest BCUT2D eigenvalue weighted by atomic mass is 32.2. The van der Waals surface area contributed by atoms with Crippen LogP contribution in [0.3, 0.4) is 0 Å². The maximum atomic E-state index is 12.6. The number of rotatable bonds is 2. The van der Waals surface area contributed by atoms with Crippen molar-refractivity contribution in [2.75, 3.05) is 19.7 Å². The van der Waals surface area contributed by atoms with Gasteiger partial charge in [0, 0.05) is 19.7 Å². The summed E-state index contributed by atoms with van der Waals surface area (Å²) in [4.78, 5) is 0.0756. The Hall–Kier alpha value is -1.42. The molecule has 2 rings (SSSR count). The minimum absolute atomic E-state index is 0.0756. The molecule has 0 aromatic heterocycles. The van der Waals surface area contributed by atoms with Crippen LogP contribution in [-0.4, -0.2) is 38.5 Å². The quantitative estimate of drug-likeness (QED) is 0.820. The molecule has 0 N–H and O–H groups in total. The van der Waals surface area contributed by atoms with E-state index in [-0.39, 0.29) is 16.6 Å². The molecule has 1 unspecified atom stereocenters. The highest BCUT2D eigenvalue weighted by molar-refractivity contribution is 7.89. The first-order valence-electron chi connectivity index (χ1n) is 6.16. The summed E-state index contributed by atoms with van der Waals surface area (Å²) in [6, 6.07) is 8.21. The average molecular weight is 280 g/mol. The number of hydrogen-bond donors (Lipinski definition) is 0. The summed E-state index contributed by atoms with van der Waals surface area (Å²) >= 11 is 0. The van der Waals surface area contributed by atoms with E-state index >= 15 is 0 Å². The third kappa shape index (κ3) is 2.95. The molecule has 0 spiro atoms. The lowest BCUT2D eigenvalue weighted by Gasteiger charge is -2.22. The summed E-state index contributed by atoms with van der Waals surface area (Å²) in [7, 11) is -3.63. The number of sulfonamides is 1. The molecular formula is C13H16N2O3S. The van der Waals surface area contributed by atoms with Crippen LogP contribution in [0.25, 0.3) is 0 Å². The molecule has 1 saturated heterocycles. The summed E-state index contributed by atoms with van der Waals surface area (Å²) in [6.07, 6.45) is 0.532. The molecular weight excluding hydrogens is 264 g/mol. The molecule has 102 valence electrons. The first kappa shape index (κ1) is 14.0. The van der Waals surface area contributed by atoms with E-state index in [9.17, 15) is 8.42 Å². The first-order valence-corrected chi connectivity index (χ1v) is 7.60. The van der Waals surface area contributed by atoms with Crippen molar-refractivity contribution in [2.24, 2.45) is 0 Å². The average Bonchev–Trinajstić information content (AvgIpc) is 2.64. The molecule has 1 aromatic carbocycles. The minimum atomic E-state index is -3.63. The minimum Gasteiger partial charge on any atom is -0.377 e. The molecule has 19 heavy (non-hydrogen) atoms. The largest absolute Gasteiger partial charge is 0.377 e. The van der Waals surface area contributed by atoms with Crippen LogP contribution in [0.5, 0.6) is 0 Å². The van der Waals surface area contributed by atoms with E-state index in [1.807, 2.05) is 13.0 Å². The van der Waals surface area contributed by atoms with E-state index in [1.54, 1.807) is 12.1 Å². The van der Waals surface area contributed by atoms with Crippen molar-refractivity contribution >= 4 is 10.0 Å². The molecule has 0 aliphatic carbocycles. The number of benzene rings is 1. The number of hydrogen-bond acceptors (Lipinski definition) is 4. The van der Waals surface area contributed by atoms with E-state index in [2.05, 4.69) is 0 Å². The van der Waals surface area contributed by atoms with Crippen molar-refractivity contribution in [1.82, 2.24) is 4.31 Å².